The van der Waals surface area contributed by atoms with Gasteiger partial charge >= 0.3 is 6.03 Å². The maximum Gasteiger partial charge on any atom is 0.315 e. The van der Waals surface area contributed by atoms with Crippen molar-refractivity contribution in [3.05, 3.63) is 51.4 Å². The fourth-order valence-corrected chi connectivity index (χ4v) is 2.35. The van der Waals surface area contributed by atoms with Crippen LogP contribution in [0, 0.1) is 0 Å². The summed E-state index contributed by atoms with van der Waals surface area (Å²) < 4.78 is 0. The Hall–Kier alpha value is -1.63. The molecule has 1 atom stereocenters. The number of rotatable bonds is 5. The van der Waals surface area contributed by atoms with Crippen LogP contribution in [0.3, 0.4) is 0 Å². The highest BCUT2D eigenvalue weighted by Gasteiger charge is 2.09. The van der Waals surface area contributed by atoms with E-state index >= 15 is 0 Å². The molecular formula is C13H14ClN3O2S. The van der Waals surface area contributed by atoms with E-state index in [4.69, 9.17) is 11.6 Å². The predicted octanol–water partition coefficient (Wildman–Crippen LogP) is 2.33. The van der Waals surface area contributed by atoms with E-state index in [9.17, 15) is 9.90 Å². The number of hydrogen-bond donors (Lipinski definition) is 3. The molecule has 2 aromatic heterocycles. The molecule has 0 aliphatic carbocycles. The van der Waals surface area contributed by atoms with Gasteiger partial charge in [-0.1, -0.05) is 17.7 Å². The molecule has 2 heterocycles. The Morgan fingerprint density at radius 3 is 2.90 bits per heavy atom. The van der Waals surface area contributed by atoms with Gasteiger partial charge in [0.15, 0.2) is 0 Å². The van der Waals surface area contributed by atoms with Crippen molar-refractivity contribution in [2.45, 2.75) is 12.6 Å². The van der Waals surface area contributed by atoms with Crippen LogP contribution in [-0.2, 0) is 6.54 Å². The first-order valence-electron chi connectivity index (χ1n) is 5.97. The largest absolute Gasteiger partial charge is 0.387 e. The fourth-order valence-electron chi connectivity index (χ4n) is 1.53. The Labute approximate surface area is 125 Å². The highest BCUT2D eigenvalue weighted by atomic mass is 35.5. The monoisotopic (exact) mass is 311 g/mol. The summed E-state index contributed by atoms with van der Waals surface area (Å²) in [7, 11) is 0. The predicted molar refractivity (Wildman–Crippen MR) is 78.8 cm³/mol. The summed E-state index contributed by atoms with van der Waals surface area (Å²) in [6.45, 7) is 0.520. The standard InChI is InChI=1S/C13H14ClN3O2S/c14-12-2-1-9(5-15-12)6-16-13(19)17-7-11(18)10-3-4-20-8-10/h1-5,8,11,18H,6-7H2,(H2,16,17,19). The first kappa shape index (κ1) is 14.8. The lowest BCUT2D eigenvalue weighted by Crippen LogP contribution is -2.37. The van der Waals surface area contributed by atoms with Crippen molar-refractivity contribution in [1.82, 2.24) is 15.6 Å². The lowest BCUT2D eigenvalue weighted by atomic mass is 10.2. The summed E-state index contributed by atoms with van der Waals surface area (Å²) in [6.07, 6.45) is 0.909. The smallest absolute Gasteiger partial charge is 0.315 e. The average Bonchev–Trinajstić information content (AvgIpc) is 2.98. The number of carbonyl (C=O) groups excluding carboxylic acids is 1. The third-order valence-corrected chi connectivity index (χ3v) is 3.55. The molecule has 2 rings (SSSR count). The van der Waals surface area contributed by atoms with Crippen LogP contribution in [0.15, 0.2) is 35.2 Å². The van der Waals surface area contributed by atoms with Crippen molar-refractivity contribution in [3.8, 4) is 0 Å². The van der Waals surface area contributed by atoms with Crippen molar-refractivity contribution in [2.24, 2.45) is 0 Å². The van der Waals surface area contributed by atoms with E-state index in [1.165, 1.54) is 11.3 Å². The number of pyridine rings is 1. The number of thiophene rings is 1. The van der Waals surface area contributed by atoms with Crippen molar-refractivity contribution < 1.29 is 9.90 Å². The molecule has 3 N–H and O–H groups in total. The lowest BCUT2D eigenvalue weighted by molar-refractivity contribution is 0.173. The van der Waals surface area contributed by atoms with Gasteiger partial charge in [0.05, 0.1) is 6.10 Å². The van der Waals surface area contributed by atoms with Crippen molar-refractivity contribution in [1.29, 1.82) is 0 Å². The molecule has 0 radical (unpaired) electrons. The van der Waals surface area contributed by atoms with Gasteiger partial charge in [0.1, 0.15) is 5.15 Å². The van der Waals surface area contributed by atoms with Crippen molar-refractivity contribution >= 4 is 29.0 Å². The van der Waals surface area contributed by atoms with E-state index in [2.05, 4.69) is 15.6 Å². The SMILES string of the molecule is O=C(NCc1ccc(Cl)nc1)NCC(O)c1ccsc1. The molecule has 0 aliphatic rings. The molecule has 0 aromatic carbocycles. The summed E-state index contributed by atoms with van der Waals surface area (Å²) >= 11 is 7.17. The van der Waals surface area contributed by atoms with Crippen LogP contribution in [0.5, 0.6) is 0 Å². The molecule has 0 aliphatic heterocycles. The number of hydrogen-bond acceptors (Lipinski definition) is 4. The molecule has 0 saturated carbocycles. The molecule has 0 bridgehead atoms. The van der Waals surface area contributed by atoms with Crippen LogP contribution >= 0.6 is 22.9 Å². The van der Waals surface area contributed by atoms with E-state index in [1.54, 1.807) is 18.3 Å². The van der Waals surface area contributed by atoms with Crippen LogP contribution < -0.4 is 10.6 Å². The van der Waals surface area contributed by atoms with E-state index in [0.29, 0.717) is 11.7 Å². The summed E-state index contributed by atoms with van der Waals surface area (Å²) in [5.41, 5.74) is 1.65. The normalized spacial score (nSPS) is 11.9. The third-order valence-electron chi connectivity index (χ3n) is 2.63. The van der Waals surface area contributed by atoms with Crippen LogP contribution in [0.1, 0.15) is 17.2 Å². The van der Waals surface area contributed by atoms with Gasteiger partial charge in [-0.2, -0.15) is 11.3 Å². The molecule has 2 aromatic rings. The zero-order chi connectivity index (χ0) is 14.4. The Bertz CT molecular complexity index is 545. The number of aliphatic hydroxyl groups excluding tert-OH is 1. The van der Waals surface area contributed by atoms with Crippen LogP contribution in [0.4, 0.5) is 4.79 Å². The van der Waals surface area contributed by atoms with Gasteiger partial charge in [0, 0.05) is 19.3 Å². The van der Waals surface area contributed by atoms with Gasteiger partial charge in [0.2, 0.25) is 0 Å². The van der Waals surface area contributed by atoms with Crippen LogP contribution in [0.25, 0.3) is 0 Å². The summed E-state index contributed by atoms with van der Waals surface area (Å²) in [5, 5.41) is 19.2. The van der Waals surface area contributed by atoms with Gasteiger partial charge in [-0.05, 0) is 34.0 Å². The van der Waals surface area contributed by atoms with Crippen molar-refractivity contribution in [2.75, 3.05) is 6.54 Å². The molecule has 7 heteroatoms. The zero-order valence-electron chi connectivity index (χ0n) is 10.5. The number of urea groups is 1. The first-order chi connectivity index (χ1) is 9.65. The van der Waals surface area contributed by atoms with Gasteiger partial charge < -0.3 is 15.7 Å². The average molecular weight is 312 g/mol. The topological polar surface area (TPSA) is 74.2 Å². The fraction of sp³-hybridized carbons (Fsp3) is 0.231. The van der Waals surface area contributed by atoms with Gasteiger partial charge in [0.25, 0.3) is 0 Å². The second kappa shape index (κ2) is 7.23. The lowest BCUT2D eigenvalue weighted by Gasteiger charge is -2.11. The van der Waals surface area contributed by atoms with Gasteiger partial charge in [-0.15, -0.1) is 0 Å². The Kier molecular flexibility index (Phi) is 5.34. The number of carbonyl (C=O) groups is 1. The van der Waals surface area contributed by atoms with E-state index in [0.717, 1.165) is 11.1 Å². The van der Waals surface area contributed by atoms with Crippen LogP contribution in [-0.4, -0.2) is 22.7 Å². The molecule has 1 unspecified atom stereocenters. The molecule has 0 saturated heterocycles. The zero-order valence-corrected chi connectivity index (χ0v) is 12.1. The van der Waals surface area contributed by atoms with Gasteiger partial charge in [-0.3, -0.25) is 0 Å². The molecule has 2 amide bonds. The number of nitrogens with zero attached hydrogens (tertiary/aromatic N) is 1. The number of nitrogens with one attached hydrogen (secondary N) is 2. The van der Waals surface area contributed by atoms with E-state index < -0.39 is 6.10 Å². The second-order valence-electron chi connectivity index (χ2n) is 4.13. The van der Waals surface area contributed by atoms with Gasteiger partial charge in [-0.25, -0.2) is 9.78 Å². The van der Waals surface area contributed by atoms with E-state index in [1.807, 2.05) is 16.8 Å². The maximum atomic E-state index is 11.6. The Balaban J connectivity index is 1.71. The number of aliphatic hydroxyl groups is 1. The highest BCUT2D eigenvalue weighted by Crippen LogP contribution is 2.14. The molecule has 0 fully saturated rings. The minimum Gasteiger partial charge on any atom is -0.387 e. The quantitative estimate of drug-likeness (QED) is 0.742. The minimum atomic E-state index is -0.691. The van der Waals surface area contributed by atoms with Crippen molar-refractivity contribution in [3.63, 3.8) is 0 Å². The summed E-state index contributed by atoms with van der Waals surface area (Å²) in [6, 6.07) is 4.94. The molecule has 106 valence electrons. The number of aromatic nitrogens is 1. The minimum absolute atomic E-state index is 0.168. The molecule has 20 heavy (non-hydrogen) atoms. The Morgan fingerprint density at radius 2 is 2.25 bits per heavy atom. The van der Waals surface area contributed by atoms with Crippen LogP contribution in [0.2, 0.25) is 5.15 Å². The maximum absolute atomic E-state index is 11.6. The third kappa shape index (κ3) is 4.48. The number of halogens is 1. The summed E-state index contributed by atoms with van der Waals surface area (Å²) in [5.74, 6) is 0. The molecule has 5 nitrogen and oxygen atoms in total. The molecule has 0 spiro atoms. The van der Waals surface area contributed by atoms with E-state index in [-0.39, 0.29) is 12.6 Å². The first-order valence-corrected chi connectivity index (χ1v) is 7.29. The summed E-state index contributed by atoms with van der Waals surface area (Å²) in [4.78, 5) is 15.5. The highest BCUT2D eigenvalue weighted by molar-refractivity contribution is 7.07. The second-order valence-corrected chi connectivity index (χ2v) is 5.29. The Morgan fingerprint density at radius 1 is 1.40 bits per heavy atom. The number of amides is 2. The molecular weight excluding hydrogens is 298 g/mol.